The molecule has 1 aromatic heterocycles. The summed E-state index contributed by atoms with van der Waals surface area (Å²) in [5, 5.41) is 24.7. The van der Waals surface area contributed by atoms with Gasteiger partial charge in [0.25, 0.3) is 5.91 Å². The van der Waals surface area contributed by atoms with Crippen molar-refractivity contribution in [1.29, 1.82) is 0 Å². The van der Waals surface area contributed by atoms with E-state index in [9.17, 15) is 33.0 Å². The number of halogens is 4. The maximum atomic E-state index is 14.4. The van der Waals surface area contributed by atoms with Gasteiger partial charge in [-0.2, -0.15) is 18.3 Å². The predicted molar refractivity (Wildman–Crippen MR) is 139 cm³/mol. The highest BCUT2D eigenvalue weighted by Gasteiger charge is 2.45. The summed E-state index contributed by atoms with van der Waals surface area (Å²) < 4.78 is 49.3. The largest absolute Gasteiger partial charge is 0.496 e. The molecule has 0 unspecified atom stereocenters. The van der Waals surface area contributed by atoms with Crippen molar-refractivity contribution in [2.45, 2.75) is 71.7 Å². The number of hydrogen-bond donors (Lipinski definition) is 2. The van der Waals surface area contributed by atoms with Crippen molar-refractivity contribution in [3.63, 3.8) is 0 Å². The Labute approximate surface area is 230 Å². The Morgan fingerprint density at radius 1 is 1.26 bits per heavy atom. The van der Waals surface area contributed by atoms with Crippen molar-refractivity contribution in [2.24, 2.45) is 10.8 Å². The molecule has 0 spiro atoms. The van der Waals surface area contributed by atoms with Crippen LogP contribution in [0.2, 0.25) is 5.02 Å². The van der Waals surface area contributed by atoms with E-state index in [-0.39, 0.29) is 55.1 Å². The minimum atomic E-state index is -4.90. The normalized spacial score (nSPS) is 20.9. The first kappa shape index (κ1) is 30.7. The van der Waals surface area contributed by atoms with E-state index < -0.39 is 52.3 Å². The number of carboxylic acid groups (broad SMARTS) is 1. The van der Waals surface area contributed by atoms with Crippen LogP contribution in [0.15, 0.2) is 24.4 Å². The summed E-state index contributed by atoms with van der Waals surface area (Å²) >= 11 is 6.29. The van der Waals surface area contributed by atoms with Crippen LogP contribution in [0.4, 0.5) is 13.2 Å². The molecule has 12 heteroatoms. The van der Waals surface area contributed by atoms with Gasteiger partial charge in [-0.1, -0.05) is 38.4 Å². The number of methoxy groups -OCH3 is 1. The molecule has 216 valence electrons. The fourth-order valence-electron chi connectivity index (χ4n) is 5.06. The van der Waals surface area contributed by atoms with Crippen molar-refractivity contribution in [3.05, 3.63) is 46.2 Å². The molecule has 0 aliphatic heterocycles. The van der Waals surface area contributed by atoms with Crippen LogP contribution in [-0.4, -0.2) is 57.0 Å². The van der Waals surface area contributed by atoms with E-state index in [0.29, 0.717) is 0 Å². The molecule has 0 bridgehead atoms. The van der Waals surface area contributed by atoms with Gasteiger partial charge in [-0.3, -0.25) is 14.3 Å². The molecule has 1 aliphatic rings. The van der Waals surface area contributed by atoms with Gasteiger partial charge in [0, 0.05) is 12.1 Å². The summed E-state index contributed by atoms with van der Waals surface area (Å²) in [6, 6.07) is 4.06. The molecule has 39 heavy (non-hydrogen) atoms. The van der Waals surface area contributed by atoms with Crippen LogP contribution >= 0.6 is 11.6 Å². The number of aliphatic hydroxyl groups excluding tert-OH is 1. The minimum absolute atomic E-state index is 0.0402. The monoisotopic (exact) mass is 573 g/mol. The summed E-state index contributed by atoms with van der Waals surface area (Å²) in [7, 11) is 1.40. The molecule has 1 saturated carbocycles. The zero-order chi connectivity index (χ0) is 29.3. The second-order valence-electron chi connectivity index (χ2n) is 11.6. The highest BCUT2D eigenvalue weighted by Crippen LogP contribution is 2.44. The zero-order valence-electron chi connectivity index (χ0n) is 22.7. The lowest BCUT2D eigenvalue weighted by atomic mass is 9.74. The predicted octanol–water partition coefficient (Wildman–Crippen LogP) is 5.99. The first-order valence-corrected chi connectivity index (χ1v) is 13.0. The van der Waals surface area contributed by atoms with E-state index in [2.05, 4.69) is 5.10 Å². The second-order valence-corrected chi connectivity index (χ2v) is 12.0. The van der Waals surface area contributed by atoms with Gasteiger partial charge in [0.15, 0.2) is 5.69 Å². The summed E-state index contributed by atoms with van der Waals surface area (Å²) in [5.74, 6) is -1.63. The van der Waals surface area contributed by atoms with Crippen molar-refractivity contribution < 1.29 is 37.7 Å². The number of amides is 1. The van der Waals surface area contributed by atoms with E-state index in [1.54, 1.807) is 25.1 Å². The average Bonchev–Trinajstić information content (AvgIpc) is 3.28. The molecule has 1 aliphatic carbocycles. The molecule has 1 fully saturated rings. The van der Waals surface area contributed by atoms with Gasteiger partial charge in [-0.15, -0.1) is 0 Å². The third kappa shape index (κ3) is 6.87. The van der Waals surface area contributed by atoms with Gasteiger partial charge >= 0.3 is 12.1 Å². The smallest absolute Gasteiger partial charge is 0.433 e. The highest BCUT2D eigenvalue weighted by atomic mass is 35.5. The van der Waals surface area contributed by atoms with E-state index >= 15 is 0 Å². The number of aliphatic hydroxyl groups is 1. The Morgan fingerprint density at radius 2 is 1.87 bits per heavy atom. The maximum absolute atomic E-state index is 14.4. The Balaban J connectivity index is 1.98. The number of carbonyl (C=O) groups excluding carboxylic acids is 1. The van der Waals surface area contributed by atoms with Crippen LogP contribution < -0.4 is 4.74 Å². The van der Waals surface area contributed by atoms with Crippen LogP contribution in [0, 0.1) is 10.8 Å². The van der Waals surface area contributed by atoms with Crippen LogP contribution in [0.5, 0.6) is 5.75 Å². The number of alkyl halides is 3. The Morgan fingerprint density at radius 3 is 2.38 bits per heavy atom. The van der Waals surface area contributed by atoms with Gasteiger partial charge in [0.05, 0.1) is 41.9 Å². The summed E-state index contributed by atoms with van der Waals surface area (Å²) in [4.78, 5) is 26.5. The molecule has 8 nitrogen and oxygen atoms in total. The number of nitrogens with zero attached hydrogens (tertiary/aromatic N) is 3. The lowest BCUT2D eigenvalue weighted by molar-refractivity contribution is -0.152. The SMILES string of the molecule is COc1cccc(Cl)c1[C@@H](O)CN(CC(C)(C)C)C(=O)c1cnn([C@H]2CC[C@](C)(C(=O)O)CC2)c1C(F)(F)F. The average molecular weight is 574 g/mol. The van der Waals surface area contributed by atoms with Crippen LogP contribution in [0.3, 0.4) is 0 Å². The molecule has 1 atom stereocenters. The molecular weight excluding hydrogens is 539 g/mol. The van der Waals surface area contributed by atoms with Crippen LogP contribution in [0.1, 0.15) is 87.1 Å². The minimum Gasteiger partial charge on any atom is -0.496 e. The highest BCUT2D eigenvalue weighted by molar-refractivity contribution is 6.31. The lowest BCUT2D eigenvalue weighted by Gasteiger charge is -2.35. The Hall–Kier alpha value is -2.79. The fraction of sp³-hybridized carbons (Fsp3) is 0.593. The second kappa shape index (κ2) is 11.4. The molecule has 1 heterocycles. The van der Waals surface area contributed by atoms with Gasteiger partial charge < -0.3 is 19.8 Å². The van der Waals surface area contributed by atoms with Gasteiger partial charge in [-0.05, 0) is 50.2 Å². The molecule has 2 N–H and O–H groups in total. The maximum Gasteiger partial charge on any atom is 0.433 e. The number of rotatable bonds is 8. The number of carboxylic acids is 1. The van der Waals surface area contributed by atoms with Crippen LogP contribution in [-0.2, 0) is 11.0 Å². The first-order chi connectivity index (χ1) is 18.0. The van der Waals surface area contributed by atoms with Gasteiger partial charge in [0.2, 0.25) is 0 Å². The molecule has 2 aromatic rings. The Kier molecular flexibility index (Phi) is 8.96. The third-order valence-electron chi connectivity index (χ3n) is 7.13. The zero-order valence-corrected chi connectivity index (χ0v) is 23.4. The topological polar surface area (TPSA) is 105 Å². The number of benzene rings is 1. The summed E-state index contributed by atoms with van der Waals surface area (Å²) in [6.45, 7) is 6.76. The summed E-state index contributed by atoms with van der Waals surface area (Å²) in [5.41, 5.74) is -3.11. The number of ether oxygens (including phenoxy) is 1. The molecule has 3 rings (SSSR count). The van der Waals surface area contributed by atoms with Crippen molar-refractivity contribution in [3.8, 4) is 5.75 Å². The molecule has 1 aromatic carbocycles. The van der Waals surface area contributed by atoms with Crippen molar-refractivity contribution in [2.75, 3.05) is 20.2 Å². The number of hydrogen-bond acceptors (Lipinski definition) is 5. The van der Waals surface area contributed by atoms with Crippen molar-refractivity contribution in [1.82, 2.24) is 14.7 Å². The van der Waals surface area contributed by atoms with Gasteiger partial charge in [-0.25, -0.2) is 0 Å². The third-order valence-corrected chi connectivity index (χ3v) is 7.46. The molecule has 0 saturated heterocycles. The van der Waals surface area contributed by atoms with E-state index in [1.165, 1.54) is 12.0 Å². The summed E-state index contributed by atoms with van der Waals surface area (Å²) in [6.07, 6.45) is -4.58. The fourth-order valence-corrected chi connectivity index (χ4v) is 5.35. The number of aromatic nitrogens is 2. The van der Waals surface area contributed by atoms with Gasteiger partial charge in [0.1, 0.15) is 11.9 Å². The molecule has 1 amide bonds. The van der Waals surface area contributed by atoms with E-state index in [1.807, 2.05) is 20.8 Å². The number of carbonyl (C=O) groups is 2. The van der Waals surface area contributed by atoms with Crippen LogP contribution in [0.25, 0.3) is 0 Å². The lowest BCUT2D eigenvalue weighted by Crippen LogP contribution is -2.41. The quantitative estimate of drug-likeness (QED) is 0.402. The van der Waals surface area contributed by atoms with E-state index in [4.69, 9.17) is 16.3 Å². The van der Waals surface area contributed by atoms with Crippen molar-refractivity contribution >= 4 is 23.5 Å². The Bertz CT molecular complexity index is 1200. The number of aliphatic carboxylic acids is 1. The first-order valence-electron chi connectivity index (χ1n) is 12.7. The van der Waals surface area contributed by atoms with E-state index in [0.717, 1.165) is 10.9 Å². The standard InChI is InChI=1S/C27H35ClF3N3O5/c1-25(2,3)15-33(14-19(35)21-18(28)7-6-8-20(21)39-5)23(36)17-13-32-34(22(17)27(29,30)31)16-9-11-26(4,12-10-16)24(37)38/h6-8,13,16,19,35H,9-12,14-15H2,1-5H3,(H,37,38)/t16-,19-,26-/m0/s1. The molecular formula is C27H35ClF3N3O5. The molecule has 0 radical (unpaired) electrons.